The summed E-state index contributed by atoms with van der Waals surface area (Å²) in [5.74, 6) is 2.00. The molecule has 1 saturated carbocycles. The van der Waals surface area contributed by atoms with E-state index in [1.54, 1.807) is 0 Å². The lowest BCUT2D eigenvalue weighted by Crippen LogP contribution is -2.26. The molecule has 0 aromatic rings. The second-order valence-corrected chi connectivity index (χ2v) is 4.93. The molecule has 15 heavy (non-hydrogen) atoms. The summed E-state index contributed by atoms with van der Waals surface area (Å²) in [6.45, 7) is 0.864. The first-order valence-corrected chi connectivity index (χ1v) is 6.44. The summed E-state index contributed by atoms with van der Waals surface area (Å²) in [6, 6.07) is 0.158. The van der Waals surface area contributed by atoms with Gasteiger partial charge in [-0.3, -0.25) is 0 Å². The summed E-state index contributed by atoms with van der Waals surface area (Å²) in [6.07, 6.45) is 12.6. The number of ether oxygens (including phenoxy) is 1. The van der Waals surface area contributed by atoms with Gasteiger partial charge in [0.05, 0.1) is 12.6 Å². The quantitative estimate of drug-likeness (QED) is 0.772. The molecule has 0 bridgehead atoms. The maximum atomic E-state index is 6.13. The van der Waals surface area contributed by atoms with Crippen LogP contribution in [0, 0.1) is 5.92 Å². The third kappa shape index (κ3) is 3.23. The lowest BCUT2D eigenvalue weighted by atomic mass is 9.97. The molecule has 2 heteroatoms. The monoisotopic (exact) mass is 209 g/mol. The van der Waals surface area contributed by atoms with Crippen LogP contribution < -0.4 is 5.73 Å². The van der Waals surface area contributed by atoms with E-state index in [9.17, 15) is 0 Å². The van der Waals surface area contributed by atoms with E-state index in [1.165, 1.54) is 32.1 Å². The Balaban J connectivity index is 1.71. The van der Waals surface area contributed by atoms with E-state index in [4.69, 9.17) is 10.5 Å². The van der Waals surface area contributed by atoms with Gasteiger partial charge in [-0.15, -0.1) is 0 Å². The van der Waals surface area contributed by atoms with E-state index in [-0.39, 0.29) is 6.04 Å². The number of allylic oxidation sites excluding steroid dienone is 1. The maximum Gasteiger partial charge on any atom is 0.109 e. The van der Waals surface area contributed by atoms with Gasteiger partial charge in [-0.2, -0.15) is 0 Å². The summed E-state index contributed by atoms with van der Waals surface area (Å²) < 4.78 is 5.59. The van der Waals surface area contributed by atoms with Gasteiger partial charge in [0.25, 0.3) is 0 Å². The zero-order valence-corrected chi connectivity index (χ0v) is 9.58. The Morgan fingerprint density at radius 2 is 2.13 bits per heavy atom. The van der Waals surface area contributed by atoms with E-state index in [2.05, 4.69) is 6.08 Å². The molecule has 0 spiro atoms. The molecule has 0 aromatic carbocycles. The first kappa shape index (κ1) is 11.0. The summed E-state index contributed by atoms with van der Waals surface area (Å²) in [5.41, 5.74) is 6.13. The van der Waals surface area contributed by atoms with Gasteiger partial charge in [0, 0.05) is 0 Å². The van der Waals surface area contributed by atoms with Crippen LogP contribution in [0.5, 0.6) is 0 Å². The second-order valence-electron chi connectivity index (χ2n) is 4.93. The van der Waals surface area contributed by atoms with Crippen molar-refractivity contribution in [1.82, 2.24) is 0 Å². The standard InChI is InChI=1S/C13H23NO/c14-12(13-7-3-4-10-15-13)9-8-11-5-1-2-6-11/h7,11-12H,1-6,8-10,14H2. The minimum Gasteiger partial charge on any atom is -0.497 e. The van der Waals surface area contributed by atoms with Crippen LogP contribution in [-0.2, 0) is 4.74 Å². The lowest BCUT2D eigenvalue weighted by Gasteiger charge is -2.21. The van der Waals surface area contributed by atoms with Gasteiger partial charge in [0.1, 0.15) is 5.76 Å². The zero-order chi connectivity index (χ0) is 10.5. The van der Waals surface area contributed by atoms with Gasteiger partial charge < -0.3 is 10.5 Å². The maximum absolute atomic E-state index is 6.13. The molecular weight excluding hydrogens is 186 g/mol. The number of hydrogen-bond donors (Lipinski definition) is 1. The molecule has 1 heterocycles. The van der Waals surface area contributed by atoms with Gasteiger partial charge in [-0.1, -0.05) is 25.7 Å². The van der Waals surface area contributed by atoms with Crippen LogP contribution in [0.3, 0.4) is 0 Å². The number of rotatable bonds is 4. The zero-order valence-electron chi connectivity index (χ0n) is 9.58. The highest BCUT2D eigenvalue weighted by atomic mass is 16.5. The van der Waals surface area contributed by atoms with Crippen LogP contribution in [-0.4, -0.2) is 12.6 Å². The van der Waals surface area contributed by atoms with Crippen molar-refractivity contribution in [2.75, 3.05) is 6.61 Å². The van der Waals surface area contributed by atoms with Crippen LogP contribution in [0.2, 0.25) is 0 Å². The summed E-state index contributed by atoms with van der Waals surface area (Å²) in [4.78, 5) is 0. The largest absolute Gasteiger partial charge is 0.497 e. The van der Waals surface area contributed by atoms with Crippen LogP contribution in [0.4, 0.5) is 0 Å². The smallest absolute Gasteiger partial charge is 0.109 e. The fourth-order valence-electron chi connectivity index (χ4n) is 2.69. The van der Waals surface area contributed by atoms with Crippen LogP contribution >= 0.6 is 0 Å². The topological polar surface area (TPSA) is 35.2 Å². The normalized spacial score (nSPS) is 24.7. The molecule has 0 aromatic heterocycles. The van der Waals surface area contributed by atoms with E-state index < -0.39 is 0 Å². The van der Waals surface area contributed by atoms with E-state index in [1.807, 2.05) is 0 Å². The molecule has 2 nitrogen and oxygen atoms in total. The highest BCUT2D eigenvalue weighted by molar-refractivity contribution is 5.04. The summed E-state index contributed by atoms with van der Waals surface area (Å²) in [5, 5.41) is 0. The fourth-order valence-corrected chi connectivity index (χ4v) is 2.69. The lowest BCUT2D eigenvalue weighted by molar-refractivity contribution is 0.171. The molecule has 0 radical (unpaired) electrons. The van der Waals surface area contributed by atoms with Gasteiger partial charge in [0.2, 0.25) is 0 Å². The molecule has 1 atom stereocenters. The SMILES string of the molecule is NC(CCC1CCCC1)C1=CCCCO1. The molecule has 2 N–H and O–H groups in total. The van der Waals surface area contributed by atoms with Crippen molar-refractivity contribution in [2.24, 2.45) is 11.7 Å². The van der Waals surface area contributed by atoms with E-state index in [0.29, 0.717) is 0 Å². The van der Waals surface area contributed by atoms with Crippen LogP contribution in [0.15, 0.2) is 11.8 Å². The Morgan fingerprint density at radius 1 is 1.33 bits per heavy atom. The van der Waals surface area contributed by atoms with Gasteiger partial charge in [0.15, 0.2) is 0 Å². The Kier molecular flexibility index (Phi) is 4.07. The predicted octanol–water partition coefficient (Wildman–Crippen LogP) is 2.98. The highest BCUT2D eigenvalue weighted by Crippen LogP contribution is 2.29. The molecule has 1 unspecified atom stereocenters. The van der Waals surface area contributed by atoms with Crippen molar-refractivity contribution < 1.29 is 4.74 Å². The van der Waals surface area contributed by atoms with Crippen molar-refractivity contribution in [2.45, 2.75) is 57.4 Å². The van der Waals surface area contributed by atoms with Crippen LogP contribution in [0.25, 0.3) is 0 Å². The minimum atomic E-state index is 0.158. The Labute approximate surface area is 92.9 Å². The van der Waals surface area contributed by atoms with Gasteiger partial charge in [-0.25, -0.2) is 0 Å². The fraction of sp³-hybridized carbons (Fsp3) is 0.846. The highest BCUT2D eigenvalue weighted by Gasteiger charge is 2.18. The molecule has 2 aliphatic rings. The Bertz CT molecular complexity index is 219. The number of nitrogens with two attached hydrogens (primary N) is 1. The Morgan fingerprint density at radius 3 is 2.80 bits per heavy atom. The molecule has 0 amide bonds. The molecule has 1 aliphatic heterocycles. The molecule has 1 fully saturated rings. The molecule has 86 valence electrons. The molecule has 0 saturated heterocycles. The van der Waals surface area contributed by atoms with Gasteiger partial charge >= 0.3 is 0 Å². The van der Waals surface area contributed by atoms with Crippen LogP contribution in [0.1, 0.15) is 51.4 Å². The van der Waals surface area contributed by atoms with Gasteiger partial charge in [-0.05, 0) is 37.7 Å². The van der Waals surface area contributed by atoms with Crippen molar-refractivity contribution in [3.05, 3.63) is 11.8 Å². The average molecular weight is 209 g/mol. The third-order valence-electron chi connectivity index (χ3n) is 3.69. The minimum absolute atomic E-state index is 0.158. The average Bonchev–Trinajstić information content (AvgIpc) is 2.80. The molecular formula is C13H23NO. The van der Waals surface area contributed by atoms with E-state index in [0.717, 1.165) is 37.5 Å². The summed E-state index contributed by atoms with van der Waals surface area (Å²) >= 11 is 0. The summed E-state index contributed by atoms with van der Waals surface area (Å²) in [7, 11) is 0. The second kappa shape index (κ2) is 5.55. The third-order valence-corrected chi connectivity index (χ3v) is 3.69. The van der Waals surface area contributed by atoms with Crippen molar-refractivity contribution in [3.63, 3.8) is 0 Å². The first-order valence-electron chi connectivity index (χ1n) is 6.44. The predicted molar refractivity (Wildman–Crippen MR) is 62.4 cm³/mol. The number of hydrogen-bond acceptors (Lipinski definition) is 2. The Hall–Kier alpha value is -0.500. The first-order chi connectivity index (χ1) is 7.36. The van der Waals surface area contributed by atoms with Crippen molar-refractivity contribution in [3.8, 4) is 0 Å². The van der Waals surface area contributed by atoms with E-state index >= 15 is 0 Å². The van der Waals surface area contributed by atoms with Crippen molar-refractivity contribution in [1.29, 1.82) is 0 Å². The molecule has 2 rings (SSSR count). The molecule has 1 aliphatic carbocycles. The van der Waals surface area contributed by atoms with Crippen molar-refractivity contribution >= 4 is 0 Å².